The molecular weight excluding hydrogens is 303 g/mol. The smallest absolute Gasteiger partial charge is 0.338 e. The van der Waals surface area contributed by atoms with Gasteiger partial charge in [0.25, 0.3) is 0 Å². The highest BCUT2D eigenvalue weighted by atomic mass is 35.5. The van der Waals surface area contributed by atoms with Crippen LogP contribution in [0, 0.1) is 11.8 Å². The maximum absolute atomic E-state index is 12.9. The average molecular weight is 328 g/mol. The summed E-state index contributed by atoms with van der Waals surface area (Å²) in [6.07, 6.45) is -1.48. The Morgan fingerprint density at radius 2 is 1.90 bits per heavy atom. The molecule has 0 aromatic heterocycles. The summed E-state index contributed by atoms with van der Waals surface area (Å²) in [5.74, 6) is -1.66. The number of carbonyl (C=O) groups excluding carboxylic acids is 1. The van der Waals surface area contributed by atoms with Gasteiger partial charge >= 0.3 is 6.18 Å². The van der Waals surface area contributed by atoms with Gasteiger partial charge in [0, 0.05) is 24.4 Å². The predicted octanol–water partition coefficient (Wildman–Crippen LogP) is 4.61. The molecule has 2 atom stereocenters. The van der Waals surface area contributed by atoms with Gasteiger partial charge in [-0.3, -0.25) is 4.79 Å². The van der Waals surface area contributed by atoms with Crippen molar-refractivity contribution in [1.82, 2.24) is 4.90 Å². The van der Waals surface area contributed by atoms with Crippen molar-refractivity contribution in [2.24, 2.45) is 11.8 Å². The lowest BCUT2D eigenvalue weighted by Gasteiger charge is -2.36. The largest absolute Gasteiger partial charge is 0.391 e. The molecule has 0 aromatic carbocycles. The summed E-state index contributed by atoms with van der Waals surface area (Å²) in [4.78, 5) is 14.3. The number of hydrogen-bond acceptors (Lipinski definition) is 1. The average Bonchev–Trinajstić information content (AvgIpc) is 2.46. The zero-order valence-electron chi connectivity index (χ0n) is 12.8. The van der Waals surface area contributed by atoms with E-state index in [4.69, 9.17) is 11.6 Å². The van der Waals surface area contributed by atoms with Gasteiger partial charge in [-0.05, 0) is 32.1 Å². The van der Waals surface area contributed by atoms with Gasteiger partial charge in [0.15, 0.2) is 0 Å². The third kappa shape index (κ3) is 5.04. The van der Waals surface area contributed by atoms with Crippen LogP contribution in [0.25, 0.3) is 0 Å². The topological polar surface area (TPSA) is 20.3 Å². The van der Waals surface area contributed by atoms with Crippen molar-refractivity contribution >= 4 is 17.5 Å². The van der Waals surface area contributed by atoms with Crippen LogP contribution in [-0.2, 0) is 4.79 Å². The second-order valence-corrected chi connectivity index (χ2v) is 6.17. The first-order valence-electron chi connectivity index (χ1n) is 7.78. The molecule has 0 bridgehead atoms. The molecule has 1 aliphatic rings. The molecule has 0 radical (unpaired) electrons. The summed E-state index contributed by atoms with van der Waals surface area (Å²) in [5, 5.41) is 0. The van der Waals surface area contributed by atoms with Crippen LogP contribution in [0.1, 0.15) is 52.4 Å². The maximum atomic E-state index is 12.9. The zero-order chi connectivity index (χ0) is 16.0. The molecule has 0 aliphatic heterocycles. The van der Waals surface area contributed by atoms with Gasteiger partial charge in [0.2, 0.25) is 5.91 Å². The number of alkyl halides is 4. The van der Waals surface area contributed by atoms with E-state index in [-0.39, 0.29) is 24.8 Å². The number of amides is 1. The quantitative estimate of drug-likeness (QED) is 0.652. The molecule has 2 unspecified atom stereocenters. The molecule has 0 saturated heterocycles. The molecule has 2 nitrogen and oxygen atoms in total. The van der Waals surface area contributed by atoms with Gasteiger partial charge in [-0.15, -0.1) is 11.6 Å². The standard InChI is InChI=1S/C15H25ClF3NO/c1-3-13(4-2)20(9-8-16)14(21)11-6-5-7-12(10-11)15(17,18)19/h11-13H,3-10H2,1-2H3. The van der Waals surface area contributed by atoms with E-state index in [1.165, 1.54) is 0 Å². The van der Waals surface area contributed by atoms with Crippen LogP contribution >= 0.6 is 11.6 Å². The van der Waals surface area contributed by atoms with E-state index in [9.17, 15) is 18.0 Å². The molecule has 1 aliphatic carbocycles. The van der Waals surface area contributed by atoms with Crippen LogP contribution in [0.4, 0.5) is 13.2 Å². The minimum Gasteiger partial charge on any atom is -0.338 e. The Morgan fingerprint density at radius 3 is 2.38 bits per heavy atom. The Kier molecular flexibility index (Phi) is 7.31. The van der Waals surface area contributed by atoms with E-state index in [0.717, 1.165) is 12.8 Å². The highest BCUT2D eigenvalue weighted by Gasteiger charge is 2.44. The molecular formula is C15H25ClF3NO. The van der Waals surface area contributed by atoms with Gasteiger partial charge in [-0.2, -0.15) is 13.2 Å². The summed E-state index contributed by atoms with van der Waals surface area (Å²) in [6.45, 7) is 4.39. The second-order valence-electron chi connectivity index (χ2n) is 5.79. The van der Waals surface area contributed by atoms with Crippen molar-refractivity contribution < 1.29 is 18.0 Å². The summed E-state index contributed by atoms with van der Waals surface area (Å²) >= 11 is 5.76. The minimum atomic E-state index is -4.19. The normalized spacial score (nSPS) is 23.4. The van der Waals surface area contributed by atoms with Crippen LogP contribution in [-0.4, -0.2) is 35.4 Å². The summed E-state index contributed by atoms with van der Waals surface area (Å²) in [7, 11) is 0. The van der Waals surface area contributed by atoms with Crippen LogP contribution in [0.3, 0.4) is 0 Å². The zero-order valence-corrected chi connectivity index (χ0v) is 13.5. The molecule has 21 heavy (non-hydrogen) atoms. The third-order valence-corrected chi connectivity index (χ3v) is 4.65. The van der Waals surface area contributed by atoms with Crippen LogP contribution in [0.15, 0.2) is 0 Å². The van der Waals surface area contributed by atoms with E-state index < -0.39 is 18.0 Å². The summed E-state index contributed by atoms with van der Waals surface area (Å²) in [6, 6.07) is 0.0718. The van der Waals surface area contributed by atoms with Gasteiger partial charge in [0.1, 0.15) is 0 Å². The van der Waals surface area contributed by atoms with E-state index in [0.29, 0.717) is 25.3 Å². The first-order valence-corrected chi connectivity index (χ1v) is 8.31. The maximum Gasteiger partial charge on any atom is 0.391 e. The van der Waals surface area contributed by atoms with Crippen LogP contribution in [0.2, 0.25) is 0 Å². The highest BCUT2D eigenvalue weighted by molar-refractivity contribution is 6.18. The van der Waals surface area contributed by atoms with Crippen molar-refractivity contribution in [1.29, 1.82) is 0 Å². The lowest BCUT2D eigenvalue weighted by atomic mass is 9.80. The van der Waals surface area contributed by atoms with Crippen molar-refractivity contribution in [3.63, 3.8) is 0 Å². The van der Waals surface area contributed by atoms with Crippen molar-refractivity contribution in [2.45, 2.75) is 64.6 Å². The molecule has 124 valence electrons. The fraction of sp³-hybridized carbons (Fsp3) is 0.933. The number of halogens is 4. The monoisotopic (exact) mass is 327 g/mol. The van der Waals surface area contributed by atoms with Crippen LogP contribution in [0.5, 0.6) is 0 Å². The summed E-state index contributed by atoms with van der Waals surface area (Å²) in [5.41, 5.74) is 0. The van der Waals surface area contributed by atoms with Crippen molar-refractivity contribution in [2.75, 3.05) is 12.4 Å². The third-order valence-electron chi connectivity index (χ3n) is 4.48. The highest BCUT2D eigenvalue weighted by Crippen LogP contribution is 2.40. The van der Waals surface area contributed by atoms with E-state index >= 15 is 0 Å². The van der Waals surface area contributed by atoms with Gasteiger partial charge in [-0.25, -0.2) is 0 Å². The fourth-order valence-electron chi connectivity index (χ4n) is 3.24. The Bertz CT molecular complexity index is 331. The number of hydrogen-bond donors (Lipinski definition) is 0. The van der Waals surface area contributed by atoms with Gasteiger partial charge < -0.3 is 4.90 Å². The van der Waals surface area contributed by atoms with E-state index in [2.05, 4.69) is 0 Å². The van der Waals surface area contributed by atoms with Crippen molar-refractivity contribution in [3.05, 3.63) is 0 Å². The van der Waals surface area contributed by atoms with Crippen LogP contribution < -0.4 is 0 Å². The van der Waals surface area contributed by atoms with E-state index in [1.807, 2.05) is 13.8 Å². The number of carbonyl (C=O) groups is 1. The Balaban J connectivity index is 2.78. The van der Waals surface area contributed by atoms with Gasteiger partial charge in [0.05, 0.1) is 5.92 Å². The first-order chi connectivity index (χ1) is 9.85. The molecule has 6 heteroatoms. The minimum absolute atomic E-state index is 0.0682. The predicted molar refractivity (Wildman–Crippen MR) is 78.3 cm³/mol. The lowest BCUT2D eigenvalue weighted by molar-refractivity contribution is -0.187. The van der Waals surface area contributed by atoms with Gasteiger partial charge in [-0.1, -0.05) is 20.3 Å². The first kappa shape index (κ1) is 18.6. The molecule has 1 rings (SSSR count). The lowest BCUT2D eigenvalue weighted by Crippen LogP contribution is -2.46. The fourth-order valence-corrected chi connectivity index (χ4v) is 3.42. The molecule has 1 fully saturated rings. The number of rotatable bonds is 6. The van der Waals surface area contributed by atoms with Crippen molar-refractivity contribution in [3.8, 4) is 0 Å². The molecule has 0 aromatic rings. The molecule has 1 amide bonds. The molecule has 0 spiro atoms. The Hall–Kier alpha value is -0.450. The SMILES string of the molecule is CCC(CC)N(CCCl)C(=O)C1CCCC(C(F)(F)F)C1. The Labute approximate surface area is 130 Å². The van der Waals surface area contributed by atoms with E-state index in [1.54, 1.807) is 4.90 Å². The molecule has 1 saturated carbocycles. The molecule has 0 N–H and O–H groups in total. The Morgan fingerprint density at radius 1 is 1.29 bits per heavy atom. The number of nitrogens with zero attached hydrogens (tertiary/aromatic N) is 1. The molecule has 0 heterocycles. The summed E-state index contributed by atoms with van der Waals surface area (Å²) < 4.78 is 38.6. The second kappa shape index (κ2) is 8.25.